The molecule has 0 spiro atoms. The minimum Gasteiger partial charge on any atom is -0.474 e. The number of fused-ring (bicyclic) bond motifs is 1. The predicted molar refractivity (Wildman–Crippen MR) is 117 cm³/mol. The fourth-order valence-corrected chi connectivity index (χ4v) is 5.04. The van der Waals surface area contributed by atoms with E-state index in [2.05, 4.69) is 14.4 Å². The summed E-state index contributed by atoms with van der Waals surface area (Å²) < 4.78 is 45.7. The Morgan fingerprint density at radius 3 is 2.59 bits per heavy atom. The molecule has 0 amide bonds. The minimum absolute atomic E-state index is 0.137. The van der Waals surface area contributed by atoms with E-state index in [-0.39, 0.29) is 17.1 Å². The average Bonchev–Trinajstić information content (AvgIpc) is 2.61. The molecule has 1 unspecified atom stereocenters. The van der Waals surface area contributed by atoms with Gasteiger partial charge < -0.3 is 4.74 Å². The van der Waals surface area contributed by atoms with Crippen molar-refractivity contribution in [3.63, 3.8) is 0 Å². The molecule has 3 rings (SSSR count). The van der Waals surface area contributed by atoms with E-state index < -0.39 is 25.6 Å². The maximum atomic E-state index is 12.2. The van der Waals surface area contributed by atoms with E-state index in [9.17, 15) is 12.6 Å². The third-order valence-electron chi connectivity index (χ3n) is 4.78. The van der Waals surface area contributed by atoms with Crippen molar-refractivity contribution in [3.8, 4) is 5.88 Å². The van der Waals surface area contributed by atoms with Crippen LogP contribution in [0.2, 0.25) is 5.15 Å². The van der Waals surface area contributed by atoms with Crippen LogP contribution in [0.3, 0.4) is 0 Å². The fraction of sp³-hybridized carbons (Fsp3) is 0.526. The summed E-state index contributed by atoms with van der Waals surface area (Å²) in [5.74, 6) is 0.508. The van der Waals surface area contributed by atoms with E-state index in [1.165, 1.54) is 6.21 Å². The summed E-state index contributed by atoms with van der Waals surface area (Å²) in [5.41, 5.74) is 0.647. The van der Waals surface area contributed by atoms with Gasteiger partial charge in [-0.25, -0.2) is 22.6 Å². The number of aromatic nitrogens is 2. The van der Waals surface area contributed by atoms with Gasteiger partial charge in [0.2, 0.25) is 5.88 Å². The molecular weight excluding hydrogens is 434 g/mol. The van der Waals surface area contributed by atoms with Crippen LogP contribution >= 0.6 is 11.6 Å². The van der Waals surface area contributed by atoms with Crippen molar-refractivity contribution < 1.29 is 17.4 Å². The Kier molecular flexibility index (Phi) is 6.31. The first-order valence-corrected chi connectivity index (χ1v) is 12.5. The van der Waals surface area contributed by atoms with Crippen molar-refractivity contribution in [2.75, 3.05) is 5.75 Å². The van der Waals surface area contributed by atoms with Gasteiger partial charge in [-0.05, 0) is 26.8 Å². The summed E-state index contributed by atoms with van der Waals surface area (Å²) in [6.45, 7) is 7.19. The molecule has 0 aliphatic heterocycles. The smallest absolute Gasteiger partial charge is 0.223 e. The molecular formula is C19H24ClN3O4S2. The number of pyridine rings is 2. The number of ether oxygens (including phenoxy) is 1. The van der Waals surface area contributed by atoms with E-state index in [0.717, 1.165) is 5.39 Å². The highest BCUT2D eigenvalue weighted by Crippen LogP contribution is 2.34. The van der Waals surface area contributed by atoms with Crippen molar-refractivity contribution in [2.45, 2.75) is 56.6 Å². The number of halogens is 1. The maximum absolute atomic E-state index is 12.2. The van der Waals surface area contributed by atoms with E-state index in [0.29, 0.717) is 34.8 Å². The molecule has 158 valence electrons. The molecule has 0 saturated heterocycles. The standard InChI is InChI=1S/C19H24ClN3O4S2/c1-5-29(25,26)14-6-13(7-14)27-18-16-11-21-17(20)8-15(16)12(9-22-18)10-23-28(24)19(2,3)4/h8-11,13-14H,5-7H2,1-4H3/b23-10+. The second-order valence-electron chi connectivity index (χ2n) is 7.95. The van der Waals surface area contributed by atoms with Crippen LogP contribution in [0.1, 0.15) is 46.1 Å². The second-order valence-corrected chi connectivity index (χ2v) is 12.8. The zero-order chi connectivity index (χ0) is 21.4. The van der Waals surface area contributed by atoms with Crippen LogP contribution in [-0.2, 0) is 20.8 Å². The fourth-order valence-electron chi connectivity index (χ4n) is 2.87. The highest BCUT2D eigenvalue weighted by atomic mass is 35.5. The predicted octanol–water partition coefficient (Wildman–Crippen LogP) is 3.51. The molecule has 7 nitrogen and oxygen atoms in total. The van der Waals surface area contributed by atoms with Crippen molar-refractivity contribution in [1.29, 1.82) is 0 Å². The SMILES string of the molecule is CCS(=O)(=O)C1CC(Oc2ncc(/C=N/S(=O)C(C)(C)C)c3cc(Cl)ncc23)C1. The first-order valence-electron chi connectivity index (χ1n) is 9.30. The lowest BCUT2D eigenvalue weighted by Gasteiger charge is -2.34. The first kappa shape index (κ1) is 22.1. The Balaban J connectivity index is 1.86. The van der Waals surface area contributed by atoms with Crippen molar-refractivity contribution >= 4 is 49.4 Å². The van der Waals surface area contributed by atoms with Crippen molar-refractivity contribution in [2.24, 2.45) is 4.40 Å². The average molecular weight is 458 g/mol. The first-order chi connectivity index (χ1) is 13.5. The summed E-state index contributed by atoms with van der Waals surface area (Å²) in [6.07, 6.45) is 5.36. The van der Waals surface area contributed by atoms with Crippen LogP contribution in [0.4, 0.5) is 0 Å². The van der Waals surface area contributed by atoms with Gasteiger partial charge in [0, 0.05) is 48.2 Å². The maximum Gasteiger partial charge on any atom is 0.223 e. The van der Waals surface area contributed by atoms with Gasteiger partial charge in [0.05, 0.1) is 15.4 Å². The molecule has 1 fully saturated rings. The van der Waals surface area contributed by atoms with E-state index in [1.54, 1.807) is 25.4 Å². The molecule has 1 aliphatic rings. The summed E-state index contributed by atoms with van der Waals surface area (Å²) >= 11 is 6.06. The van der Waals surface area contributed by atoms with Gasteiger partial charge in [-0.3, -0.25) is 0 Å². The van der Waals surface area contributed by atoms with Crippen LogP contribution < -0.4 is 4.74 Å². The zero-order valence-electron chi connectivity index (χ0n) is 16.8. The molecule has 1 atom stereocenters. The highest BCUT2D eigenvalue weighted by molar-refractivity contribution is 7.92. The Hall–Kier alpha value is -1.58. The van der Waals surface area contributed by atoms with Gasteiger partial charge in [0.25, 0.3) is 0 Å². The van der Waals surface area contributed by atoms with Crippen LogP contribution in [0.25, 0.3) is 10.8 Å². The van der Waals surface area contributed by atoms with Gasteiger partial charge in [-0.1, -0.05) is 18.5 Å². The Morgan fingerprint density at radius 2 is 1.97 bits per heavy atom. The Bertz CT molecular complexity index is 1070. The van der Waals surface area contributed by atoms with Gasteiger partial charge in [0.1, 0.15) is 22.2 Å². The summed E-state index contributed by atoms with van der Waals surface area (Å²) in [6, 6.07) is 1.68. The van der Waals surface area contributed by atoms with E-state index >= 15 is 0 Å². The molecule has 29 heavy (non-hydrogen) atoms. The Morgan fingerprint density at radius 1 is 1.28 bits per heavy atom. The van der Waals surface area contributed by atoms with E-state index in [1.807, 2.05) is 20.8 Å². The lowest BCUT2D eigenvalue weighted by molar-refractivity contribution is 0.119. The number of hydrogen-bond donors (Lipinski definition) is 0. The molecule has 1 aliphatic carbocycles. The topological polar surface area (TPSA) is 98.6 Å². The zero-order valence-corrected chi connectivity index (χ0v) is 19.1. The summed E-state index contributed by atoms with van der Waals surface area (Å²) in [4.78, 5) is 8.47. The number of hydrogen-bond acceptors (Lipinski definition) is 6. The van der Waals surface area contributed by atoms with Gasteiger partial charge in [-0.15, -0.1) is 0 Å². The van der Waals surface area contributed by atoms with Crippen molar-refractivity contribution in [3.05, 3.63) is 29.2 Å². The molecule has 2 aromatic heterocycles. The summed E-state index contributed by atoms with van der Waals surface area (Å²) in [7, 11) is -4.45. The molecule has 1 saturated carbocycles. The molecule has 0 bridgehead atoms. The lowest BCUT2D eigenvalue weighted by atomic mass is 9.95. The minimum atomic E-state index is -3.05. The lowest BCUT2D eigenvalue weighted by Crippen LogP contribution is -2.43. The largest absolute Gasteiger partial charge is 0.474 e. The van der Waals surface area contributed by atoms with Gasteiger partial charge in [-0.2, -0.15) is 4.40 Å². The number of nitrogens with zero attached hydrogens (tertiary/aromatic N) is 3. The normalized spacial score (nSPS) is 21.3. The van der Waals surface area contributed by atoms with Crippen LogP contribution in [0.15, 0.2) is 22.9 Å². The molecule has 2 aromatic rings. The Labute approximate surface area is 178 Å². The highest BCUT2D eigenvalue weighted by Gasteiger charge is 2.39. The van der Waals surface area contributed by atoms with Crippen LogP contribution in [0, 0.1) is 0 Å². The van der Waals surface area contributed by atoms with Crippen molar-refractivity contribution in [1.82, 2.24) is 9.97 Å². The van der Waals surface area contributed by atoms with Gasteiger partial charge >= 0.3 is 0 Å². The monoisotopic (exact) mass is 457 g/mol. The van der Waals surface area contributed by atoms with Crippen LogP contribution in [-0.4, -0.2) is 50.7 Å². The molecule has 0 radical (unpaired) electrons. The molecule has 10 heteroatoms. The number of rotatable bonds is 6. The quantitative estimate of drug-likeness (QED) is 0.486. The van der Waals surface area contributed by atoms with Gasteiger partial charge in [0.15, 0.2) is 9.84 Å². The molecule has 2 heterocycles. The van der Waals surface area contributed by atoms with Crippen LogP contribution in [0.5, 0.6) is 5.88 Å². The second kappa shape index (κ2) is 8.28. The third kappa shape index (κ3) is 4.95. The number of sulfone groups is 1. The summed E-state index contributed by atoms with van der Waals surface area (Å²) in [5, 5.41) is 1.32. The molecule has 0 N–H and O–H groups in total. The molecule has 0 aromatic carbocycles. The third-order valence-corrected chi connectivity index (χ3v) is 8.54. The van der Waals surface area contributed by atoms with E-state index in [4.69, 9.17) is 16.3 Å².